The van der Waals surface area contributed by atoms with E-state index in [1.165, 1.54) is 16.9 Å². The number of piperidine rings is 1. The van der Waals surface area contributed by atoms with Crippen molar-refractivity contribution in [2.24, 2.45) is 0 Å². The summed E-state index contributed by atoms with van der Waals surface area (Å²) in [5, 5.41) is 1.50. The van der Waals surface area contributed by atoms with Gasteiger partial charge in [0.05, 0.1) is 11.1 Å². The first-order valence-electron chi connectivity index (χ1n) is 9.38. The second-order valence-corrected chi connectivity index (χ2v) is 9.69. The summed E-state index contributed by atoms with van der Waals surface area (Å²) in [4.78, 5) is 23.2. The fourth-order valence-electron chi connectivity index (χ4n) is 3.99. The number of hydrogen-bond acceptors (Lipinski definition) is 5. The van der Waals surface area contributed by atoms with E-state index in [0.29, 0.717) is 5.02 Å². The molecule has 0 atom stereocenters. The van der Waals surface area contributed by atoms with Gasteiger partial charge in [-0.15, -0.1) is 11.3 Å². The van der Waals surface area contributed by atoms with Gasteiger partial charge < -0.3 is 4.90 Å². The molecule has 2 aliphatic heterocycles. The van der Waals surface area contributed by atoms with Crippen molar-refractivity contribution in [3.8, 4) is 5.69 Å². The van der Waals surface area contributed by atoms with Crippen LogP contribution in [0.2, 0.25) is 5.02 Å². The number of hydrogen-bond donors (Lipinski definition) is 0. The first-order valence-corrected chi connectivity index (χ1v) is 11.7. The first-order chi connectivity index (χ1) is 13.2. The van der Waals surface area contributed by atoms with E-state index < -0.39 is 0 Å². The van der Waals surface area contributed by atoms with Crippen LogP contribution < -0.4 is 10.5 Å². The summed E-state index contributed by atoms with van der Waals surface area (Å²) in [7, 11) is 0. The molecular weight excluding hydrogens is 398 g/mol. The van der Waals surface area contributed by atoms with Crippen molar-refractivity contribution >= 4 is 50.9 Å². The second kappa shape index (κ2) is 7.15. The van der Waals surface area contributed by atoms with Crippen LogP contribution in [0.5, 0.6) is 0 Å². The van der Waals surface area contributed by atoms with E-state index in [0.717, 1.165) is 65.7 Å². The summed E-state index contributed by atoms with van der Waals surface area (Å²) in [6.07, 6.45) is 4.49. The minimum absolute atomic E-state index is 0.0623. The number of rotatable bonds is 2. The van der Waals surface area contributed by atoms with Gasteiger partial charge in [-0.05, 0) is 61.3 Å². The molecule has 0 spiro atoms. The Morgan fingerprint density at radius 3 is 2.63 bits per heavy atom. The molecule has 140 valence electrons. The third kappa shape index (κ3) is 3.08. The Balaban J connectivity index is 1.79. The van der Waals surface area contributed by atoms with Crippen LogP contribution in [0.15, 0.2) is 29.1 Å². The highest BCUT2D eigenvalue weighted by Crippen LogP contribution is 2.37. The Bertz CT molecular complexity index is 1050. The van der Waals surface area contributed by atoms with Gasteiger partial charge in [-0.25, -0.2) is 9.55 Å². The smallest absolute Gasteiger partial charge is 0.268 e. The van der Waals surface area contributed by atoms with Gasteiger partial charge in [0.25, 0.3) is 5.56 Å². The number of aromatic nitrogens is 2. The standard InChI is InChI=1S/C20H20ClN3OS2/c21-13-4-6-14(7-5-13)24-19(25)17-15-8-11-26-12-16(15)27-18(17)22-20(24)23-9-2-1-3-10-23/h4-7H,1-3,8-12H2. The molecule has 7 heteroatoms. The van der Waals surface area contributed by atoms with Crippen LogP contribution in [-0.4, -0.2) is 28.4 Å². The number of thioether (sulfide) groups is 1. The van der Waals surface area contributed by atoms with Crippen molar-refractivity contribution < 1.29 is 0 Å². The normalized spacial score (nSPS) is 17.3. The maximum absolute atomic E-state index is 13.7. The molecule has 0 aliphatic carbocycles. The SMILES string of the molecule is O=c1c2c3c(sc2nc(N2CCCCC2)n1-c1ccc(Cl)cc1)CSCC3. The van der Waals surface area contributed by atoms with Crippen molar-refractivity contribution in [2.75, 3.05) is 23.7 Å². The molecule has 0 bridgehead atoms. The van der Waals surface area contributed by atoms with Crippen LogP contribution in [0.1, 0.15) is 29.7 Å². The summed E-state index contributed by atoms with van der Waals surface area (Å²) >= 11 is 9.73. The predicted octanol–water partition coefficient (Wildman–Crippen LogP) is 4.88. The molecule has 1 fully saturated rings. The monoisotopic (exact) mass is 417 g/mol. The Morgan fingerprint density at radius 2 is 1.85 bits per heavy atom. The first kappa shape index (κ1) is 17.6. The number of anilines is 1. The average molecular weight is 418 g/mol. The van der Waals surface area contributed by atoms with Crippen molar-refractivity contribution in [3.05, 3.63) is 50.1 Å². The molecule has 3 aromatic rings. The van der Waals surface area contributed by atoms with Gasteiger partial charge in [0.2, 0.25) is 5.95 Å². The fraction of sp³-hybridized carbons (Fsp3) is 0.400. The van der Waals surface area contributed by atoms with E-state index in [1.807, 2.05) is 36.0 Å². The van der Waals surface area contributed by atoms with E-state index in [2.05, 4.69) is 4.90 Å². The second-order valence-electron chi connectivity index (χ2n) is 7.06. The third-order valence-electron chi connectivity index (χ3n) is 5.34. The van der Waals surface area contributed by atoms with Crippen molar-refractivity contribution in [1.82, 2.24) is 9.55 Å². The van der Waals surface area contributed by atoms with E-state index >= 15 is 0 Å². The van der Waals surface area contributed by atoms with Gasteiger partial charge in [-0.1, -0.05) is 11.6 Å². The lowest BCUT2D eigenvalue weighted by Crippen LogP contribution is -2.36. The number of nitrogens with zero attached hydrogens (tertiary/aromatic N) is 3. The molecule has 5 rings (SSSR count). The highest BCUT2D eigenvalue weighted by atomic mass is 35.5. The van der Waals surface area contributed by atoms with Crippen LogP contribution in [0.4, 0.5) is 5.95 Å². The summed E-state index contributed by atoms with van der Waals surface area (Å²) in [6, 6.07) is 7.51. The zero-order valence-corrected chi connectivity index (χ0v) is 17.3. The minimum atomic E-state index is 0.0623. The van der Waals surface area contributed by atoms with E-state index in [9.17, 15) is 4.79 Å². The number of halogens is 1. The molecule has 1 saturated heterocycles. The molecule has 0 saturated carbocycles. The van der Waals surface area contributed by atoms with E-state index in [-0.39, 0.29) is 5.56 Å². The Kier molecular flexibility index (Phi) is 4.66. The number of aryl methyl sites for hydroxylation is 1. The molecule has 4 nitrogen and oxygen atoms in total. The van der Waals surface area contributed by atoms with Crippen LogP contribution >= 0.6 is 34.7 Å². The fourth-order valence-corrected chi connectivity index (χ4v) is 6.45. The highest BCUT2D eigenvalue weighted by molar-refractivity contribution is 7.98. The van der Waals surface area contributed by atoms with Crippen LogP contribution in [0.3, 0.4) is 0 Å². The van der Waals surface area contributed by atoms with Gasteiger partial charge in [-0.3, -0.25) is 4.79 Å². The summed E-state index contributed by atoms with van der Waals surface area (Å²) in [6.45, 7) is 1.90. The van der Waals surface area contributed by atoms with E-state index in [4.69, 9.17) is 16.6 Å². The van der Waals surface area contributed by atoms with Gasteiger partial charge in [-0.2, -0.15) is 11.8 Å². The van der Waals surface area contributed by atoms with Crippen LogP contribution in [0, 0.1) is 0 Å². The lowest BCUT2D eigenvalue weighted by Gasteiger charge is -2.29. The van der Waals surface area contributed by atoms with Gasteiger partial charge in [0, 0.05) is 28.7 Å². The molecule has 27 heavy (non-hydrogen) atoms. The average Bonchev–Trinajstić information content (AvgIpc) is 3.08. The van der Waals surface area contributed by atoms with Gasteiger partial charge >= 0.3 is 0 Å². The Morgan fingerprint density at radius 1 is 1.07 bits per heavy atom. The zero-order chi connectivity index (χ0) is 18.4. The highest BCUT2D eigenvalue weighted by Gasteiger charge is 2.25. The van der Waals surface area contributed by atoms with Crippen LogP contribution in [0.25, 0.3) is 15.9 Å². The summed E-state index contributed by atoms with van der Waals surface area (Å²) in [5.41, 5.74) is 2.12. The Labute approximate surface area is 171 Å². The lowest BCUT2D eigenvalue weighted by molar-refractivity contribution is 0.563. The van der Waals surface area contributed by atoms with Gasteiger partial charge in [0.15, 0.2) is 0 Å². The zero-order valence-electron chi connectivity index (χ0n) is 14.9. The van der Waals surface area contributed by atoms with Crippen molar-refractivity contribution in [3.63, 3.8) is 0 Å². The summed E-state index contributed by atoms with van der Waals surface area (Å²) < 4.78 is 1.80. The quantitative estimate of drug-likeness (QED) is 0.595. The number of thiophene rings is 1. The van der Waals surface area contributed by atoms with Crippen molar-refractivity contribution in [2.45, 2.75) is 31.4 Å². The molecular formula is C20H20ClN3OS2. The summed E-state index contributed by atoms with van der Waals surface area (Å²) in [5.74, 6) is 2.85. The maximum atomic E-state index is 13.7. The number of fused-ring (bicyclic) bond motifs is 3. The molecule has 2 aromatic heterocycles. The number of benzene rings is 1. The molecule has 0 amide bonds. The molecule has 0 N–H and O–H groups in total. The lowest BCUT2D eigenvalue weighted by atomic mass is 10.1. The molecule has 2 aliphatic rings. The largest absolute Gasteiger partial charge is 0.342 e. The van der Waals surface area contributed by atoms with Crippen LogP contribution in [-0.2, 0) is 12.2 Å². The molecule has 0 unspecified atom stereocenters. The third-order valence-corrected chi connectivity index (χ3v) is 7.89. The predicted molar refractivity (Wildman–Crippen MR) is 116 cm³/mol. The van der Waals surface area contributed by atoms with Gasteiger partial charge in [0.1, 0.15) is 4.83 Å². The maximum Gasteiger partial charge on any atom is 0.268 e. The minimum Gasteiger partial charge on any atom is -0.342 e. The molecule has 0 radical (unpaired) electrons. The Hall–Kier alpha value is -1.50. The molecule has 4 heterocycles. The topological polar surface area (TPSA) is 38.1 Å². The molecule has 1 aromatic carbocycles. The van der Waals surface area contributed by atoms with Crippen molar-refractivity contribution in [1.29, 1.82) is 0 Å². The van der Waals surface area contributed by atoms with E-state index in [1.54, 1.807) is 15.9 Å².